The van der Waals surface area contributed by atoms with Gasteiger partial charge in [0.1, 0.15) is 10.7 Å². The van der Waals surface area contributed by atoms with Crippen LogP contribution in [0.1, 0.15) is 41.9 Å². The summed E-state index contributed by atoms with van der Waals surface area (Å²) in [6.07, 6.45) is 6.44. The minimum absolute atomic E-state index is 0.0151. The second-order valence-corrected chi connectivity index (χ2v) is 6.99. The molecular weight excluding hydrogens is 286 g/mol. The highest BCUT2D eigenvalue weighted by molar-refractivity contribution is 7.18. The van der Waals surface area contributed by atoms with Crippen LogP contribution in [0.5, 0.6) is 0 Å². The van der Waals surface area contributed by atoms with Crippen LogP contribution in [0.3, 0.4) is 0 Å². The highest BCUT2D eigenvalue weighted by Gasteiger charge is 2.23. The first-order valence-electron chi connectivity index (χ1n) is 7.53. The van der Waals surface area contributed by atoms with Gasteiger partial charge in [0, 0.05) is 23.8 Å². The number of aromatic nitrogens is 2. The molecule has 1 aliphatic heterocycles. The number of nitrogens with zero attached hydrogens (tertiary/aromatic N) is 1. The predicted molar refractivity (Wildman–Crippen MR) is 81.8 cm³/mol. The van der Waals surface area contributed by atoms with Gasteiger partial charge in [0.15, 0.2) is 0 Å². The third-order valence-electron chi connectivity index (χ3n) is 4.40. The SMILES string of the molecule is O=C1CCC(Cc2nc3sc4c(c3c(=O)[nH]2)CCCC4)N1. The van der Waals surface area contributed by atoms with Crippen LogP contribution in [0.4, 0.5) is 0 Å². The molecule has 1 amide bonds. The van der Waals surface area contributed by atoms with Gasteiger partial charge in [0.25, 0.3) is 5.56 Å². The molecule has 21 heavy (non-hydrogen) atoms. The van der Waals surface area contributed by atoms with E-state index in [-0.39, 0.29) is 17.5 Å². The van der Waals surface area contributed by atoms with Crippen LogP contribution in [0.25, 0.3) is 10.2 Å². The number of thiophene rings is 1. The van der Waals surface area contributed by atoms with Crippen LogP contribution in [-0.2, 0) is 24.1 Å². The number of carbonyl (C=O) groups is 1. The summed E-state index contributed by atoms with van der Waals surface area (Å²) in [5.74, 6) is 0.785. The van der Waals surface area contributed by atoms with Gasteiger partial charge in [-0.3, -0.25) is 9.59 Å². The van der Waals surface area contributed by atoms with Gasteiger partial charge in [-0.05, 0) is 37.7 Å². The standard InChI is InChI=1S/C15H17N3O2S/c19-12-6-5-8(16-12)7-11-17-14(20)13-9-3-1-2-4-10(9)21-15(13)18-11/h8H,1-7H2,(H,16,19)(H,17,18,20). The number of hydrogen-bond acceptors (Lipinski definition) is 4. The largest absolute Gasteiger partial charge is 0.353 e. The summed E-state index contributed by atoms with van der Waals surface area (Å²) >= 11 is 1.67. The van der Waals surface area contributed by atoms with Crippen molar-refractivity contribution in [2.45, 2.75) is 51.0 Å². The van der Waals surface area contributed by atoms with Gasteiger partial charge < -0.3 is 10.3 Å². The van der Waals surface area contributed by atoms with Gasteiger partial charge in [-0.2, -0.15) is 0 Å². The lowest BCUT2D eigenvalue weighted by Gasteiger charge is -2.10. The van der Waals surface area contributed by atoms with Gasteiger partial charge in [-0.1, -0.05) is 0 Å². The molecule has 1 aliphatic carbocycles. The van der Waals surface area contributed by atoms with E-state index in [9.17, 15) is 9.59 Å². The predicted octanol–water partition coefficient (Wildman–Crippen LogP) is 1.68. The number of hydrogen-bond donors (Lipinski definition) is 2. The summed E-state index contributed by atoms with van der Waals surface area (Å²) in [7, 11) is 0. The number of aromatic amines is 1. The van der Waals surface area contributed by atoms with Crippen molar-refractivity contribution in [1.82, 2.24) is 15.3 Å². The number of H-pyrrole nitrogens is 1. The molecule has 1 saturated heterocycles. The molecule has 0 aromatic carbocycles. The molecule has 4 rings (SSSR count). The van der Waals surface area contributed by atoms with Gasteiger partial charge in [-0.15, -0.1) is 11.3 Å². The molecule has 2 aromatic heterocycles. The molecule has 0 bridgehead atoms. The maximum absolute atomic E-state index is 12.4. The Hall–Kier alpha value is -1.69. The van der Waals surface area contributed by atoms with E-state index in [0.717, 1.165) is 35.9 Å². The molecule has 2 N–H and O–H groups in total. The third-order valence-corrected chi connectivity index (χ3v) is 5.58. The molecule has 2 aliphatic rings. The van der Waals surface area contributed by atoms with E-state index in [2.05, 4.69) is 15.3 Å². The topological polar surface area (TPSA) is 74.8 Å². The number of nitrogens with one attached hydrogen (secondary N) is 2. The molecule has 110 valence electrons. The molecule has 5 nitrogen and oxygen atoms in total. The summed E-state index contributed by atoms with van der Waals surface area (Å²) in [5.41, 5.74) is 1.20. The van der Waals surface area contributed by atoms with Crippen LogP contribution >= 0.6 is 11.3 Å². The van der Waals surface area contributed by atoms with Crippen molar-refractivity contribution in [2.75, 3.05) is 0 Å². The Kier molecular flexibility index (Phi) is 3.06. The van der Waals surface area contributed by atoms with Gasteiger partial charge >= 0.3 is 0 Å². The van der Waals surface area contributed by atoms with Crippen molar-refractivity contribution in [2.24, 2.45) is 0 Å². The van der Waals surface area contributed by atoms with E-state index < -0.39 is 0 Å². The number of rotatable bonds is 2. The first-order valence-corrected chi connectivity index (χ1v) is 8.35. The zero-order valence-electron chi connectivity index (χ0n) is 11.7. The maximum Gasteiger partial charge on any atom is 0.259 e. The molecule has 1 fully saturated rings. The van der Waals surface area contributed by atoms with Crippen LogP contribution in [-0.4, -0.2) is 21.9 Å². The van der Waals surface area contributed by atoms with E-state index in [0.29, 0.717) is 18.7 Å². The Morgan fingerprint density at radius 2 is 2.05 bits per heavy atom. The number of fused-ring (bicyclic) bond motifs is 3. The highest BCUT2D eigenvalue weighted by Crippen LogP contribution is 2.33. The second-order valence-electron chi connectivity index (χ2n) is 5.91. The first kappa shape index (κ1) is 13.0. The van der Waals surface area contributed by atoms with Crippen molar-refractivity contribution in [3.63, 3.8) is 0 Å². The highest BCUT2D eigenvalue weighted by atomic mass is 32.1. The summed E-state index contributed by atoms with van der Waals surface area (Å²) in [5, 5.41) is 3.72. The molecule has 3 heterocycles. The van der Waals surface area contributed by atoms with Crippen LogP contribution < -0.4 is 10.9 Å². The summed E-state index contributed by atoms with van der Waals surface area (Å²) in [4.78, 5) is 33.4. The van der Waals surface area contributed by atoms with Gasteiger partial charge in [-0.25, -0.2) is 4.98 Å². The van der Waals surface area contributed by atoms with E-state index in [4.69, 9.17) is 0 Å². The molecule has 0 radical (unpaired) electrons. The molecule has 1 atom stereocenters. The van der Waals surface area contributed by atoms with Crippen molar-refractivity contribution in [3.8, 4) is 0 Å². The van der Waals surface area contributed by atoms with Gasteiger partial charge in [0.2, 0.25) is 5.91 Å². The summed E-state index contributed by atoms with van der Waals surface area (Å²) < 4.78 is 0. The minimum atomic E-state index is -0.0151. The second kappa shape index (κ2) is 4.94. The van der Waals surface area contributed by atoms with E-state index in [1.807, 2.05) is 0 Å². The lowest BCUT2D eigenvalue weighted by molar-refractivity contribution is -0.119. The third kappa shape index (κ3) is 2.27. The van der Waals surface area contributed by atoms with Crippen LogP contribution in [0, 0.1) is 0 Å². The van der Waals surface area contributed by atoms with Crippen LogP contribution in [0.15, 0.2) is 4.79 Å². The fraction of sp³-hybridized carbons (Fsp3) is 0.533. The number of carbonyl (C=O) groups excluding carboxylic acids is 1. The molecule has 6 heteroatoms. The Labute approximate surface area is 125 Å². The zero-order valence-corrected chi connectivity index (χ0v) is 12.5. The Balaban J connectivity index is 1.72. The summed E-state index contributed by atoms with van der Waals surface area (Å²) in [6.45, 7) is 0. The molecular formula is C15H17N3O2S. The molecule has 0 saturated carbocycles. The Bertz CT molecular complexity index is 777. The maximum atomic E-state index is 12.4. The van der Waals surface area contributed by atoms with E-state index >= 15 is 0 Å². The Morgan fingerprint density at radius 1 is 1.19 bits per heavy atom. The van der Waals surface area contributed by atoms with Crippen molar-refractivity contribution < 1.29 is 4.79 Å². The fourth-order valence-electron chi connectivity index (χ4n) is 3.37. The first-order chi connectivity index (χ1) is 10.2. The molecule has 1 unspecified atom stereocenters. The number of aryl methyl sites for hydroxylation is 2. The van der Waals surface area contributed by atoms with Crippen LogP contribution in [0.2, 0.25) is 0 Å². The number of amides is 1. The van der Waals surface area contributed by atoms with Crippen molar-refractivity contribution in [1.29, 1.82) is 0 Å². The molecule has 0 spiro atoms. The smallest absolute Gasteiger partial charge is 0.259 e. The van der Waals surface area contributed by atoms with E-state index in [1.165, 1.54) is 16.9 Å². The van der Waals surface area contributed by atoms with Crippen molar-refractivity contribution in [3.05, 3.63) is 26.6 Å². The minimum Gasteiger partial charge on any atom is -0.353 e. The fourth-order valence-corrected chi connectivity index (χ4v) is 4.65. The molecule has 2 aromatic rings. The summed E-state index contributed by atoms with van der Waals surface area (Å²) in [6, 6.07) is 0.104. The average Bonchev–Trinajstić information content (AvgIpc) is 3.02. The normalized spacial score (nSPS) is 21.5. The van der Waals surface area contributed by atoms with E-state index in [1.54, 1.807) is 11.3 Å². The van der Waals surface area contributed by atoms with Crippen molar-refractivity contribution >= 4 is 27.5 Å². The lowest BCUT2D eigenvalue weighted by Crippen LogP contribution is -2.28. The average molecular weight is 303 g/mol. The monoisotopic (exact) mass is 303 g/mol. The lowest BCUT2D eigenvalue weighted by atomic mass is 9.97. The van der Waals surface area contributed by atoms with Gasteiger partial charge in [0.05, 0.1) is 5.39 Å². The Morgan fingerprint density at radius 3 is 2.86 bits per heavy atom. The zero-order chi connectivity index (χ0) is 14.4. The quantitative estimate of drug-likeness (QED) is 0.886.